The summed E-state index contributed by atoms with van der Waals surface area (Å²) in [6.07, 6.45) is 0. The maximum Gasteiger partial charge on any atom is 0.269 e. The molecule has 0 bridgehead atoms. The molecule has 0 spiro atoms. The van der Waals surface area contributed by atoms with Gasteiger partial charge in [-0.05, 0) is 37.3 Å². The maximum atomic E-state index is 13.7. The molecule has 0 saturated carbocycles. The fraction of sp³-hybridized carbons (Fsp3) is 0.0556. The Morgan fingerprint density at radius 1 is 1.08 bits per heavy atom. The van der Waals surface area contributed by atoms with Crippen molar-refractivity contribution in [2.75, 3.05) is 5.43 Å². The summed E-state index contributed by atoms with van der Waals surface area (Å²) in [4.78, 5) is 20.7. The highest BCUT2D eigenvalue weighted by molar-refractivity contribution is 7.22. The summed E-state index contributed by atoms with van der Waals surface area (Å²) in [6, 6.07) is 10.9. The van der Waals surface area contributed by atoms with Crippen molar-refractivity contribution in [3.63, 3.8) is 0 Å². The fourth-order valence-electron chi connectivity index (χ4n) is 2.56. The van der Waals surface area contributed by atoms with Crippen molar-refractivity contribution in [1.29, 1.82) is 0 Å². The zero-order valence-electron chi connectivity index (χ0n) is 13.5. The smallest absolute Gasteiger partial charge is 0.269 e. The van der Waals surface area contributed by atoms with E-state index >= 15 is 0 Å². The SMILES string of the molecule is Cc1ccc2cc(C(=O)NNc3nc4c(F)cc(F)cc4s3)ccc2n1. The van der Waals surface area contributed by atoms with Crippen LogP contribution in [0.2, 0.25) is 0 Å². The summed E-state index contributed by atoms with van der Waals surface area (Å²) in [5, 5.41) is 1.11. The van der Waals surface area contributed by atoms with Crippen LogP contribution in [0.1, 0.15) is 16.1 Å². The molecule has 0 fully saturated rings. The zero-order chi connectivity index (χ0) is 18.3. The number of hydrogen-bond acceptors (Lipinski definition) is 5. The third kappa shape index (κ3) is 3.06. The van der Waals surface area contributed by atoms with Crippen molar-refractivity contribution in [2.24, 2.45) is 0 Å². The quantitative estimate of drug-likeness (QED) is 0.531. The van der Waals surface area contributed by atoms with E-state index in [2.05, 4.69) is 20.8 Å². The van der Waals surface area contributed by atoms with Crippen molar-refractivity contribution in [3.05, 3.63) is 65.4 Å². The Hall–Kier alpha value is -3.13. The number of nitrogens with zero attached hydrogens (tertiary/aromatic N) is 2. The van der Waals surface area contributed by atoms with Gasteiger partial charge in [-0.2, -0.15) is 0 Å². The van der Waals surface area contributed by atoms with E-state index in [-0.39, 0.29) is 16.6 Å². The summed E-state index contributed by atoms with van der Waals surface area (Å²) in [5.41, 5.74) is 7.35. The minimum atomic E-state index is -0.743. The van der Waals surface area contributed by atoms with E-state index in [0.29, 0.717) is 10.3 Å². The van der Waals surface area contributed by atoms with Crippen LogP contribution in [0.3, 0.4) is 0 Å². The maximum absolute atomic E-state index is 13.7. The Balaban J connectivity index is 1.53. The van der Waals surface area contributed by atoms with Gasteiger partial charge in [0.1, 0.15) is 11.3 Å². The fourth-order valence-corrected chi connectivity index (χ4v) is 3.42. The number of aromatic nitrogens is 2. The highest BCUT2D eigenvalue weighted by Gasteiger charge is 2.12. The lowest BCUT2D eigenvalue weighted by Crippen LogP contribution is -2.29. The molecule has 2 aromatic carbocycles. The van der Waals surface area contributed by atoms with Crippen molar-refractivity contribution in [3.8, 4) is 0 Å². The zero-order valence-corrected chi connectivity index (χ0v) is 14.3. The molecule has 0 saturated heterocycles. The molecular weight excluding hydrogens is 358 g/mol. The molecule has 4 rings (SSSR count). The van der Waals surface area contributed by atoms with Crippen LogP contribution in [0.4, 0.5) is 13.9 Å². The van der Waals surface area contributed by atoms with Gasteiger partial charge < -0.3 is 0 Å². The van der Waals surface area contributed by atoms with E-state index < -0.39 is 11.6 Å². The largest absolute Gasteiger partial charge is 0.273 e. The lowest BCUT2D eigenvalue weighted by Gasteiger charge is -2.06. The summed E-state index contributed by atoms with van der Waals surface area (Å²) in [6.45, 7) is 1.90. The number of anilines is 1. The third-order valence-corrected chi connectivity index (χ3v) is 4.70. The monoisotopic (exact) mass is 370 g/mol. The number of benzene rings is 2. The van der Waals surface area contributed by atoms with Crippen LogP contribution in [0.25, 0.3) is 21.1 Å². The first-order valence-corrected chi connectivity index (χ1v) is 8.50. The predicted octanol–water partition coefficient (Wildman–Crippen LogP) is 4.19. The summed E-state index contributed by atoms with van der Waals surface area (Å²) in [5.74, 6) is -1.79. The second-order valence-electron chi connectivity index (χ2n) is 5.69. The summed E-state index contributed by atoms with van der Waals surface area (Å²) >= 11 is 1.04. The number of carbonyl (C=O) groups excluding carboxylic acids is 1. The highest BCUT2D eigenvalue weighted by Crippen LogP contribution is 2.28. The van der Waals surface area contributed by atoms with Crippen molar-refractivity contribution in [2.45, 2.75) is 6.92 Å². The van der Waals surface area contributed by atoms with Crippen molar-refractivity contribution >= 4 is 43.5 Å². The molecule has 26 heavy (non-hydrogen) atoms. The normalized spacial score (nSPS) is 11.0. The Morgan fingerprint density at radius 3 is 2.77 bits per heavy atom. The third-order valence-electron chi connectivity index (χ3n) is 3.79. The highest BCUT2D eigenvalue weighted by atomic mass is 32.1. The Morgan fingerprint density at radius 2 is 1.92 bits per heavy atom. The first-order valence-electron chi connectivity index (χ1n) is 7.69. The minimum Gasteiger partial charge on any atom is -0.273 e. The number of thiazole rings is 1. The standard InChI is InChI=1S/C18H12F2N4OS/c1-9-2-3-10-6-11(4-5-14(10)21-9)17(25)23-24-18-22-16-13(20)7-12(19)8-15(16)26-18/h2-8H,1H3,(H,22,24)(H,23,25). The van der Waals surface area contributed by atoms with Gasteiger partial charge in [-0.1, -0.05) is 17.4 Å². The molecule has 2 aromatic heterocycles. The first-order chi connectivity index (χ1) is 12.5. The molecule has 2 N–H and O–H groups in total. The summed E-state index contributed by atoms with van der Waals surface area (Å²) in [7, 11) is 0. The van der Waals surface area contributed by atoms with Crippen LogP contribution in [0.15, 0.2) is 42.5 Å². The van der Waals surface area contributed by atoms with E-state index in [9.17, 15) is 13.6 Å². The van der Waals surface area contributed by atoms with Crippen molar-refractivity contribution < 1.29 is 13.6 Å². The lowest BCUT2D eigenvalue weighted by atomic mass is 10.1. The van der Waals surface area contributed by atoms with Gasteiger partial charge in [-0.25, -0.2) is 13.8 Å². The van der Waals surface area contributed by atoms with Crippen LogP contribution in [0, 0.1) is 18.6 Å². The predicted molar refractivity (Wildman–Crippen MR) is 97.1 cm³/mol. The molecule has 0 radical (unpaired) electrons. The van der Waals surface area contributed by atoms with Crippen LogP contribution >= 0.6 is 11.3 Å². The van der Waals surface area contributed by atoms with E-state index in [4.69, 9.17) is 0 Å². The van der Waals surface area contributed by atoms with Crippen molar-refractivity contribution in [1.82, 2.24) is 15.4 Å². The molecule has 0 aliphatic carbocycles. The number of fused-ring (bicyclic) bond motifs is 2. The Kier molecular flexibility index (Phi) is 3.96. The van der Waals surface area contributed by atoms with Crippen LogP contribution in [-0.4, -0.2) is 15.9 Å². The average molecular weight is 370 g/mol. The first kappa shape index (κ1) is 16.3. The van der Waals surface area contributed by atoms with Gasteiger partial charge in [0, 0.05) is 22.7 Å². The second-order valence-corrected chi connectivity index (χ2v) is 6.72. The Bertz CT molecular complexity index is 1160. The number of nitrogens with one attached hydrogen (secondary N) is 2. The van der Waals surface area contributed by atoms with Gasteiger partial charge in [-0.3, -0.25) is 20.6 Å². The van der Waals surface area contributed by atoms with E-state index in [1.54, 1.807) is 18.2 Å². The molecule has 4 aromatic rings. The van der Waals surface area contributed by atoms with E-state index in [0.717, 1.165) is 34.0 Å². The van der Waals surface area contributed by atoms with Crippen LogP contribution in [0.5, 0.6) is 0 Å². The number of pyridine rings is 1. The van der Waals surface area contributed by atoms with E-state index in [1.807, 2.05) is 19.1 Å². The molecule has 5 nitrogen and oxygen atoms in total. The van der Waals surface area contributed by atoms with Gasteiger partial charge in [0.2, 0.25) is 5.13 Å². The van der Waals surface area contributed by atoms with Gasteiger partial charge in [0.15, 0.2) is 5.82 Å². The number of hydrogen-bond donors (Lipinski definition) is 2. The number of hydrazine groups is 1. The van der Waals surface area contributed by atoms with Gasteiger partial charge >= 0.3 is 0 Å². The number of halogens is 2. The topological polar surface area (TPSA) is 66.9 Å². The molecule has 130 valence electrons. The molecular formula is C18H12F2N4OS. The average Bonchev–Trinajstić information content (AvgIpc) is 3.02. The molecule has 1 amide bonds. The van der Waals surface area contributed by atoms with Gasteiger partial charge in [-0.15, -0.1) is 0 Å². The molecule has 0 aliphatic rings. The molecule has 0 aliphatic heterocycles. The van der Waals surface area contributed by atoms with Crippen LogP contribution < -0.4 is 10.9 Å². The molecule has 8 heteroatoms. The number of rotatable bonds is 3. The second kappa shape index (κ2) is 6.30. The number of carbonyl (C=O) groups is 1. The molecule has 0 unspecified atom stereocenters. The number of aryl methyl sites for hydroxylation is 1. The lowest BCUT2D eigenvalue weighted by molar-refractivity contribution is 0.0963. The van der Waals surface area contributed by atoms with Gasteiger partial charge in [0.05, 0.1) is 10.2 Å². The number of amides is 1. The van der Waals surface area contributed by atoms with Crippen LogP contribution in [-0.2, 0) is 0 Å². The van der Waals surface area contributed by atoms with Gasteiger partial charge in [0.25, 0.3) is 5.91 Å². The Labute approximate surface area is 150 Å². The summed E-state index contributed by atoms with van der Waals surface area (Å²) < 4.78 is 27.3. The molecule has 0 atom stereocenters. The molecule has 2 heterocycles. The van der Waals surface area contributed by atoms with E-state index in [1.165, 1.54) is 6.07 Å². The minimum absolute atomic E-state index is 0.0558.